The van der Waals surface area contributed by atoms with Crippen LogP contribution in [-0.4, -0.2) is 43.3 Å². The maximum Gasteiger partial charge on any atom is 0.355 e. The molecule has 3 N–H and O–H groups in total. The molecule has 0 aliphatic carbocycles. The Kier molecular flexibility index (Phi) is 7.94. The van der Waals surface area contributed by atoms with E-state index >= 15 is 0 Å². The highest BCUT2D eigenvalue weighted by molar-refractivity contribution is 5.93. The van der Waals surface area contributed by atoms with Crippen molar-refractivity contribution in [3.8, 4) is 0 Å². The molecule has 1 atom stereocenters. The van der Waals surface area contributed by atoms with E-state index in [1.807, 2.05) is 30.3 Å². The topological polar surface area (TPSA) is 101 Å². The summed E-state index contributed by atoms with van der Waals surface area (Å²) in [5, 5.41) is 19.6. The number of benzene rings is 1. The molecule has 2 rings (SSSR count). The lowest BCUT2D eigenvalue weighted by molar-refractivity contribution is -0.134. The Balaban J connectivity index is 1.82. The van der Waals surface area contributed by atoms with Crippen LogP contribution in [0, 0.1) is 5.41 Å². The minimum atomic E-state index is -1.18. The third-order valence-corrected chi connectivity index (χ3v) is 3.67. The van der Waals surface area contributed by atoms with E-state index in [1.54, 1.807) is 0 Å². The molecule has 1 aromatic rings. The number of carbonyl (C=O) groups is 1. The van der Waals surface area contributed by atoms with Crippen molar-refractivity contribution in [1.82, 2.24) is 5.32 Å². The molecular weight excluding hydrogens is 324 g/mol. The summed E-state index contributed by atoms with van der Waals surface area (Å²) in [4.78, 5) is 11.5. The van der Waals surface area contributed by atoms with E-state index in [0.717, 1.165) is 31.0 Å². The van der Waals surface area contributed by atoms with E-state index in [0.29, 0.717) is 19.8 Å². The van der Waals surface area contributed by atoms with Gasteiger partial charge in [-0.25, -0.2) is 4.79 Å². The highest BCUT2D eigenvalue weighted by Crippen LogP contribution is 2.13. The monoisotopic (exact) mass is 348 g/mol. The van der Waals surface area contributed by atoms with Crippen LogP contribution in [0.25, 0.3) is 0 Å². The van der Waals surface area contributed by atoms with Gasteiger partial charge in [-0.3, -0.25) is 0 Å². The highest BCUT2D eigenvalue weighted by Gasteiger charge is 2.21. The number of allylic oxidation sites excluding steroid dienone is 1. The molecule has 1 fully saturated rings. The SMILES string of the molecule is N=C/C(OCCOCc1ccccc1)=C(\NC1CCCCO1)C(=O)O. The van der Waals surface area contributed by atoms with Crippen molar-refractivity contribution in [3.05, 3.63) is 47.4 Å². The van der Waals surface area contributed by atoms with Crippen molar-refractivity contribution in [3.63, 3.8) is 0 Å². The van der Waals surface area contributed by atoms with Crippen molar-refractivity contribution in [1.29, 1.82) is 5.41 Å². The van der Waals surface area contributed by atoms with Crippen molar-refractivity contribution in [2.45, 2.75) is 32.1 Å². The average Bonchev–Trinajstić information content (AvgIpc) is 2.65. The number of carboxylic acids is 1. The van der Waals surface area contributed by atoms with E-state index in [9.17, 15) is 9.90 Å². The molecule has 1 aromatic carbocycles. The molecule has 0 bridgehead atoms. The Morgan fingerprint density at radius 1 is 1.32 bits per heavy atom. The molecule has 25 heavy (non-hydrogen) atoms. The smallest absolute Gasteiger partial charge is 0.355 e. The summed E-state index contributed by atoms with van der Waals surface area (Å²) in [7, 11) is 0. The normalized spacial score (nSPS) is 18.2. The standard InChI is InChI=1S/C18H24N2O5/c19-12-15(17(18(21)22)20-16-8-4-5-9-25-16)24-11-10-23-13-14-6-2-1-3-7-14/h1-3,6-7,12,16,19-20H,4-5,8-11,13H2,(H,21,22)/b17-15+,19-12?. The van der Waals surface area contributed by atoms with E-state index < -0.39 is 5.97 Å². The van der Waals surface area contributed by atoms with Gasteiger partial charge < -0.3 is 30.0 Å². The van der Waals surface area contributed by atoms with Gasteiger partial charge in [0.25, 0.3) is 0 Å². The molecule has 1 aliphatic heterocycles. The molecule has 0 amide bonds. The molecule has 136 valence electrons. The molecular formula is C18H24N2O5. The lowest BCUT2D eigenvalue weighted by Gasteiger charge is -2.25. The quantitative estimate of drug-likeness (QED) is 0.260. The summed E-state index contributed by atoms with van der Waals surface area (Å²) < 4.78 is 16.4. The molecule has 0 spiro atoms. The summed E-state index contributed by atoms with van der Waals surface area (Å²) in [6.45, 7) is 1.49. The summed E-state index contributed by atoms with van der Waals surface area (Å²) >= 11 is 0. The van der Waals surface area contributed by atoms with Crippen LogP contribution in [0.1, 0.15) is 24.8 Å². The van der Waals surface area contributed by atoms with Crippen LogP contribution in [0.2, 0.25) is 0 Å². The van der Waals surface area contributed by atoms with E-state index in [1.165, 1.54) is 0 Å². The van der Waals surface area contributed by atoms with Gasteiger partial charge in [0.2, 0.25) is 0 Å². The fourth-order valence-electron chi connectivity index (χ4n) is 2.41. The zero-order valence-corrected chi connectivity index (χ0v) is 14.1. The van der Waals surface area contributed by atoms with Gasteiger partial charge in [-0.05, 0) is 24.8 Å². The number of aliphatic carboxylic acids is 1. The molecule has 1 aliphatic rings. The second kappa shape index (κ2) is 10.5. The predicted molar refractivity (Wildman–Crippen MR) is 92.2 cm³/mol. The Morgan fingerprint density at radius 2 is 2.12 bits per heavy atom. The Labute approximate surface area is 147 Å². The summed E-state index contributed by atoms with van der Waals surface area (Å²) in [6.07, 6.45) is 3.18. The molecule has 7 nitrogen and oxygen atoms in total. The third-order valence-electron chi connectivity index (χ3n) is 3.67. The molecule has 1 saturated heterocycles. The van der Waals surface area contributed by atoms with Gasteiger partial charge >= 0.3 is 5.97 Å². The third kappa shape index (κ3) is 6.56. The van der Waals surface area contributed by atoms with E-state index in [-0.39, 0.29) is 24.3 Å². The van der Waals surface area contributed by atoms with Crippen LogP contribution in [-0.2, 0) is 25.6 Å². The lowest BCUT2D eigenvalue weighted by atomic mass is 10.2. The van der Waals surface area contributed by atoms with Gasteiger partial charge in [-0.1, -0.05) is 30.3 Å². The van der Waals surface area contributed by atoms with Crippen molar-refractivity contribution < 1.29 is 24.1 Å². The van der Waals surface area contributed by atoms with E-state index in [2.05, 4.69) is 5.32 Å². The molecule has 0 radical (unpaired) electrons. The van der Waals surface area contributed by atoms with Crippen molar-refractivity contribution in [2.75, 3.05) is 19.8 Å². The van der Waals surface area contributed by atoms with Gasteiger partial charge in [-0.2, -0.15) is 0 Å². The Bertz CT molecular complexity index is 582. The molecule has 1 heterocycles. The van der Waals surface area contributed by atoms with Gasteiger partial charge in [0.15, 0.2) is 11.5 Å². The van der Waals surface area contributed by atoms with Gasteiger partial charge in [0, 0.05) is 6.61 Å². The van der Waals surface area contributed by atoms with E-state index in [4.69, 9.17) is 19.6 Å². The number of hydrogen-bond donors (Lipinski definition) is 3. The highest BCUT2D eigenvalue weighted by atomic mass is 16.5. The first-order chi connectivity index (χ1) is 12.2. The number of ether oxygens (including phenoxy) is 3. The van der Waals surface area contributed by atoms with Crippen LogP contribution in [0.3, 0.4) is 0 Å². The Morgan fingerprint density at radius 3 is 2.76 bits per heavy atom. The second-order valence-electron chi connectivity index (χ2n) is 5.57. The summed E-state index contributed by atoms with van der Waals surface area (Å²) in [6, 6.07) is 9.72. The maximum atomic E-state index is 11.5. The zero-order valence-electron chi connectivity index (χ0n) is 14.1. The number of nitrogens with one attached hydrogen (secondary N) is 2. The summed E-state index contributed by atoms with van der Waals surface area (Å²) in [5.74, 6) is -1.22. The first-order valence-corrected chi connectivity index (χ1v) is 8.31. The van der Waals surface area contributed by atoms with Gasteiger partial charge in [0.05, 0.1) is 19.4 Å². The van der Waals surface area contributed by atoms with Crippen LogP contribution in [0.4, 0.5) is 0 Å². The average molecular weight is 348 g/mol. The second-order valence-corrected chi connectivity index (χ2v) is 5.57. The number of carboxylic acid groups (broad SMARTS) is 1. The fraction of sp³-hybridized carbons (Fsp3) is 0.444. The maximum absolute atomic E-state index is 11.5. The Hall–Kier alpha value is -2.38. The van der Waals surface area contributed by atoms with Crippen molar-refractivity contribution in [2.24, 2.45) is 0 Å². The van der Waals surface area contributed by atoms with Crippen molar-refractivity contribution >= 4 is 12.2 Å². The largest absolute Gasteiger partial charge is 0.487 e. The fourth-order valence-corrected chi connectivity index (χ4v) is 2.41. The molecule has 0 saturated carbocycles. The lowest BCUT2D eigenvalue weighted by Crippen LogP contribution is -2.37. The number of rotatable bonds is 10. The summed E-state index contributed by atoms with van der Waals surface area (Å²) in [5.41, 5.74) is 0.887. The molecule has 1 unspecified atom stereocenters. The van der Waals surface area contributed by atoms with Crippen LogP contribution >= 0.6 is 0 Å². The first kappa shape index (κ1) is 19.0. The predicted octanol–water partition coefficient (Wildman–Crippen LogP) is 2.28. The van der Waals surface area contributed by atoms with Gasteiger partial charge in [0.1, 0.15) is 12.8 Å². The molecule has 0 aromatic heterocycles. The number of hydrogen-bond acceptors (Lipinski definition) is 6. The minimum Gasteiger partial charge on any atom is -0.487 e. The van der Waals surface area contributed by atoms with Crippen LogP contribution in [0.15, 0.2) is 41.8 Å². The first-order valence-electron chi connectivity index (χ1n) is 8.31. The van der Waals surface area contributed by atoms with Crippen LogP contribution in [0.5, 0.6) is 0 Å². The van der Waals surface area contributed by atoms with Crippen LogP contribution < -0.4 is 5.32 Å². The molecule has 7 heteroatoms. The minimum absolute atomic E-state index is 0.0371. The zero-order chi connectivity index (χ0) is 17.9. The van der Waals surface area contributed by atoms with Gasteiger partial charge in [-0.15, -0.1) is 0 Å².